The molecule has 0 aromatic heterocycles. The van der Waals surface area contributed by atoms with Gasteiger partial charge in [-0.05, 0) is 38.2 Å². The highest BCUT2D eigenvalue weighted by atomic mass is 32.2. The largest absolute Gasteiger partial charge is 0.165 e. The lowest BCUT2D eigenvalue weighted by Crippen LogP contribution is -1.78. The maximum Gasteiger partial charge on any atom is -0.00703 e. The lowest BCUT2D eigenvalue weighted by Gasteiger charge is -1.94. The zero-order chi connectivity index (χ0) is 7.66. The third-order valence-corrected chi connectivity index (χ3v) is 2.15. The van der Waals surface area contributed by atoms with E-state index in [2.05, 4.69) is 25.3 Å². The van der Waals surface area contributed by atoms with E-state index in [1.807, 2.05) is 11.8 Å². The van der Waals surface area contributed by atoms with Gasteiger partial charge in [0, 0.05) is 0 Å². The second-order valence-electron chi connectivity index (χ2n) is 2.41. The van der Waals surface area contributed by atoms with Gasteiger partial charge in [-0.15, -0.1) is 0 Å². The van der Waals surface area contributed by atoms with E-state index in [9.17, 15) is 0 Å². The van der Waals surface area contributed by atoms with Crippen molar-refractivity contribution in [2.45, 2.75) is 32.6 Å². The number of hydrogen-bond donors (Lipinski definition) is 0. The first kappa shape index (κ1) is 10.1. The summed E-state index contributed by atoms with van der Waals surface area (Å²) in [4.78, 5) is 0. The second-order valence-corrected chi connectivity index (χ2v) is 3.40. The summed E-state index contributed by atoms with van der Waals surface area (Å²) in [7, 11) is 0. The van der Waals surface area contributed by atoms with Crippen LogP contribution >= 0.6 is 11.8 Å². The third kappa shape index (κ3) is 8.09. The SMILES string of the molecule is C/C=C/CCCCCSC. The van der Waals surface area contributed by atoms with Gasteiger partial charge in [-0.1, -0.05) is 18.6 Å². The monoisotopic (exact) mass is 158 g/mol. The molecular formula is C9H18S. The van der Waals surface area contributed by atoms with Crippen LogP contribution in [0.25, 0.3) is 0 Å². The first-order valence-electron chi connectivity index (χ1n) is 4.02. The van der Waals surface area contributed by atoms with E-state index >= 15 is 0 Å². The quantitative estimate of drug-likeness (QED) is 0.421. The van der Waals surface area contributed by atoms with Crippen LogP contribution in [0.1, 0.15) is 32.6 Å². The highest BCUT2D eigenvalue weighted by Crippen LogP contribution is 2.04. The molecule has 60 valence electrons. The molecule has 0 saturated carbocycles. The summed E-state index contributed by atoms with van der Waals surface area (Å²) in [5.74, 6) is 1.33. The molecule has 0 amide bonds. The lowest BCUT2D eigenvalue weighted by atomic mass is 10.2. The van der Waals surface area contributed by atoms with Crippen LogP contribution in [0, 0.1) is 0 Å². The molecule has 0 N–H and O–H groups in total. The van der Waals surface area contributed by atoms with Crippen molar-refractivity contribution in [3.63, 3.8) is 0 Å². The molecule has 0 unspecified atom stereocenters. The average Bonchev–Trinajstić information content (AvgIpc) is 1.97. The Labute approximate surface area is 69.1 Å². The fraction of sp³-hybridized carbons (Fsp3) is 0.778. The number of hydrogen-bond acceptors (Lipinski definition) is 1. The molecule has 10 heavy (non-hydrogen) atoms. The Hall–Kier alpha value is 0.0900. The topological polar surface area (TPSA) is 0 Å². The lowest BCUT2D eigenvalue weighted by molar-refractivity contribution is 0.734. The summed E-state index contributed by atoms with van der Waals surface area (Å²) in [6, 6.07) is 0. The molecule has 0 fully saturated rings. The van der Waals surface area contributed by atoms with Crippen LogP contribution in [0.5, 0.6) is 0 Å². The zero-order valence-corrected chi connectivity index (χ0v) is 7.91. The summed E-state index contributed by atoms with van der Waals surface area (Å²) in [5, 5.41) is 0. The second kappa shape index (κ2) is 9.09. The molecule has 0 bridgehead atoms. The minimum absolute atomic E-state index is 1.27. The van der Waals surface area contributed by atoms with Crippen molar-refractivity contribution in [1.82, 2.24) is 0 Å². The third-order valence-electron chi connectivity index (χ3n) is 1.45. The highest BCUT2D eigenvalue weighted by Gasteiger charge is 1.85. The normalized spacial score (nSPS) is 11.0. The van der Waals surface area contributed by atoms with Gasteiger partial charge in [-0.25, -0.2) is 0 Å². The Kier molecular flexibility index (Phi) is 9.17. The Morgan fingerprint density at radius 1 is 1.20 bits per heavy atom. The van der Waals surface area contributed by atoms with Gasteiger partial charge in [0.15, 0.2) is 0 Å². The predicted octanol–water partition coefficient (Wildman–Crippen LogP) is 3.49. The number of allylic oxidation sites excluding steroid dienone is 2. The van der Waals surface area contributed by atoms with Crippen molar-refractivity contribution in [3.8, 4) is 0 Å². The molecule has 0 aliphatic heterocycles. The van der Waals surface area contributed by atoms with Crippen LogP contribution in [0.2, 0.25) is 0 Å². The van der Waals surface area contributed by atoms with Gasteiger partial charge >= 0.3 is 0 Å². The van der Waals surface area contributed by atoms with Crippen LogP contribution in [0.15, 0.2) is 12.2 Å². The molecule has 0 heterocycles. The van der Waals surface area contributed by atoms with Crippen LogP contribution in [-0.4, -0.2) is 12.0 Å². The Morgan fingerprint density at radius 3 is 2.60 bits per heavy atom. The first-order chi connectivity index (χ1) is 4.91. The van der Waals surface area contributed by atoms with E-state index in [0.29, 0.717) is 0 Å². The molecule has 0 aromatic carbocycles. The van der Waals surface area contributed by atoms with Gasteiger partial charge in [0.25, 0.3) is 0 Å². The fourth-order valence-corrected chi connectivity index (χ4v) is 1.34. The molecule has 0 aromatic rings. The molecule has 0 rings (SSSR count). The number of unbranched alkanes of at least 4 members (excludes halogenated alkanes) is 3. The van der Waals surface area contributed by atoms with Crippen LogP contribution < -0.4 is 0 Å². The van der Waals surface area contributed by atoms with Gasteiger partial charge < -0.3 is 0 Å². The molecule has 0 spiro atoms. The van der Waals surface area contributed by atoms with Crippen molar-refractivity contribution in [3.05, 3.63) is 12.2 Å². The fourth-order valence-electron chi connectivity index (χ4n) is 0.852. The zero-order valence-electron chi connectivity index (χ0n) is 7.10. The molecular weight excluding hydrogens is 140 g/mol. The smallest absolute Gasteiger partial charge is 0.00703 e. The minimum atomic E-state index is 1.27. The van der Waals surface area contributed by atoms with Gasteiger partial charge in [0.05, 0.1) is 0 Å². The average molecular weight is 158 g/mol. The van der Waals surface area contributed by atoms with Gasteiger partial charge in [-0.2, -0.15) is 11.8 Å². The van der Waals surface area contributed by atoms with E-state index in [0.717, 1.165) is 0 Å². The van der Waals surface area contributed by atoms with Gasteiger partial charge in [0.1, 0.15) is 0 Å². The van der Waals surface area contributed by atoms with Crippen molar-refractivity contribution in [1.29, 1.82) is 0 Å². The maximum atomic E-state index is 2.25. The molecule has 0 radical (unpaired) electrons. The van der Waals surface area contributed by atoms with Gasteiger partial charge in [0.2, 0.25) is 0 Å². The maximum absolute atomic E-state index is 2.25. The molecule has 0 atom stereocenters. The molecule has 0 aliphatic carbocycles. The van der Waals surface area contributed by atoms with E-state index < -0.39 is 0 Å². The Balaban J connectivity index is 2.77. The van der Waals surface area contributed by atoms with E-state index in [1.54, 1.807) is 0 Å². The summed E-state index contributed by atoms with van der Waals surface area (Å²) in [5.41, 5.74) is 0. The van der Waals surface area contributed by atoms with Crippen molar-refractivity contribution >= 4 is 11.8 Å². The Morgan fingerprint density at radius 2 is 2.00 bits per heavy atom. The van der Waals surface area contributed by atoms with Crippen LogP contribution in [-0.2, 0) is 0 Å². The first-order valence-corrected chi connectivity index (χ1v) is 5.41. The highest BCUT2D eigenvalue weighted by molar-refractivity contribution is 7.98. The van der Waals surface area contributed by atoms with E-state index in [1.165, 1.54) is 31.4 Å². The van der Waals surface area contributed by atoms with E-state index in [4.69, 9.17) is 0 Å². The van der Waals surface area contributed by atoms with Gasteiger partial charge in [-0.3, -0.25) is 0 Å². The van der Waals surface area contributed by atoms with Crippen molar-refractivity contribution in [2.24, 2.45) is 0 Å². The standard InChI is InChI=1S/C9H18S/c1-3-4-5-6-7-8-9-10-2/h3-4H,5-9H2,1-2H3/b4-3+. The predicted molar refractivity (Wildman–Crippen MR) is 51.7 cm³/mol. The van der Waals surface area contributed by atoms with E-state index in [-0.39, 0.29) is 0 Å². The summed E-state index contributed by atoms with van der Waals surface area (Å²) >= 11 is 1.95. The summed E-state index contributed by atoms with van der Waals surface area (Å²) < 4.78 is 0. The molecule has 1 heteroatoms. The Bertz CT molecular complexity index is 76.8. The van der Waals surface area contributed by atoms with Crippen molar-refractivity contribution in [2.75, 3.05) is 12.0 Å². The molecule has 0 saturated heterocycles. The molecule has 0 aliphatic rings. The van der Waals surface area contributed by atoms with Crippen molar-refractivity contribution < 1.29 is 0 Å². The minimum Gasteiger partial charge on any atom is -0.165 e. The van der Waals surface area contributed by atoms with Crippen LogP contribution in [0.4, 0.5) is 0 Å². The molecule has 0 nitrogen and oxygen atoms in total. The summed E-state index contributed by atoms with van der Waals surface area (Å²) in [6.07, 6.45) is 12.0. The summed E-state index contributed by atoms with van der Waals surface area (Å²) in [6.45, 7) is 2.09. The number of rotatable bonds is 6. The number of thioether (sulfide) groups is 1. The van der Waals surface area contributed by atoms with Crippen LogP contribution in [0.3, 0.4) is 0 Å².